The van der Waals surface area contributed by atoms with Crippen LogP contribution in [-0.4, -0.2) is 28.5 Å². The largest absolute Gasteiger partial charge is 0.325 e. The molecule has 0 aliphatic carbocycles. The molecular formula is C21H18N2O3S. The third-order valence-corrected chi connectivity index (χ3v) is 4.77. The zero-order valence-electron chi connectivity index (χ0n) is 14.7. The highest BCUT2D eigenvalue weighted by atomic mass is 32.2. The van der Waals surface area contributed by atoms with Gasteiger partial charge in [0.1, 0.15) is 6.54 Å². The molecule has 0 atom stereocenters. The van der Waals surface area contributed by atoms with E-state index in [0.717, 1.165) is 27.8 Å². The smallest absolute Gasteiger partial charge is 0.294 e. The summed E-state index contributed by atoms with van der Waals surface area (Å²) >= 11 is 0.834. The molecule has 2 aromatic carbocycles. The van der Waals surface area contributed by atoms with E-state index < -0.39 is 17.1 Å². The first-order chi connectivity index (χ1) is 13.0. The molecule has 5 nitrogen and oxygen atoms in total. The van der Waals surface area contributed by atoms with Gasteiger partial charge in [-0.1, -0.05) is 60.2 Å². The summed E-state index contributed by atoms with van der Waals surface area (Å²) in [5, 5.41) is 2.24. The van der Waals surface area contributed by atoms with E-state index in [-0.39, 0.29) is 6.54 Å². The summed E-state index contributed by atoms with van der Waals surface area (Å²) in [7, 11) is 0. The van der Waals surface area contributed by atoms with Crippen molar-refractivity contribution in [2.24, 2.45) is 0 Å². The van der Waals surface area contributed by atoms with Gasteiger partial charge in [-0.3, -0.25) is 19.3 Å². The molecule has 27 heavy (non-hydrogen) atoms. The average Bonchev–Trinajstić information content (AvgIpc) is 2.92. The van der Waals surface area contributed by atoms with E-state index in [1.807, 2.05) is 55.5 Å². The van der Waals surface area contributed by atoms with Crippen molar-refractivity contribution < 1.29 is 14.4 Å². The monoisotopic (exact) mass is 378 g/mol. The maximum absolute atomic E-state index is 12.4. The highest BCUT2D eigenvalue weighted by molar-refractivity contribution is 8.18. The molecule has 136 valence electrons. The number of aryl methyl sites for hydroxylation is 1. The van der Waals surface area contributed by atoms with Gasteiger partial charge in [0.05, 0.1) is 4.91 Å². The summed E-state index contributed by atoms with van der Waals surface area (Å²) in [6.07, 6.45) is 5.16. The SMILES string of the molecule is Cc1ccc(NC(=O)CN2C(=O)S/C(=C/C=C\c3ccccc3)C2=O)cc1. The van der Waals surface area contributed by atoms with Gasteiger partial charge in [-0.15, -0.1) is 0 Å². The van der Waals surface area contributed by atoms with E-state index in [9.17, 15) is 14.4 Å². The molecule has 1 aliphatic rings. The summed E-state index contributed by atoms with van der Waals surface area (Å²) in [6.45, 7) is 1.64. The van der Waals surface area contributed by atoms with Crippen LogP contribution in [0.4, 0.5) is 10.5 Å². The molecule has 1 aliphatic heterocycles. The summed E-state index contributed by atoms with van der Waals surface area (Å²) in [4.78, 5) is 37.9. The number of thioether (sulfide) groups is 1. The first-order valence-electron chi connectivity index (χ1n) is 8.36. The van der Waals surface area contributed by atoms with Crippen LogP contribution < -0.4 is 5.32 Å². The number of nitrogens with one attached hydrogen (secondary N) is 1. The van der Waals surface area contributed by atoms with E-state index in [4.69, 9.17) is 0 Å². The van der Waals surface area contributed by atoms with E-state index in [0.29, 0.717) is 10.6 Å². The second kappa shape index (κ2) is 8.51. The normalized spacial score (nSPS) is 15.7. The number of carbonyl (C=O) groups is 3. The number of anilines is 1. The van der Waals surface area contributed by atoms with Crippen molar-refractivity contribution >= 4 is 40.6 Å². The second-order valence-electron chi connectivity index (χ2n) is 5.97. The van der Waals surface area contributed by atoms with Gasteiger partial charge in [-0.2, -0.15) is 0 Å². The molecule has 0 unspecified atom stereocenters. The van der Waals surface area contributed by atoms with E-state index in [2.05, 4.69) is 5.32 Å². The van der Waals surface area contributed by atoms with Crippen LogP contribution in [0.15, 0.2) is 71.7 Å². The van der Waals surface area contributed by atoms with Gasteiger partial charge in [-0.05, 0) is 42.5 Å². The highest BCUT2D eigenvalue weighted by Crippen LogP contribution is 2.30. The van der Waals surface area contributed by atoms with Gasteiger partial charge >= 0.3 is 0 Å². The van der Waals surface area contributed by atoms with Crippen LogP contribution in [0.3, 0.4) is 0 Å². The topological polar surface area (TPSA) is 66.5 Å². The van der Waals surface area contributed by atoms with Gasteiger partial charge in [0.2, 0.25) is 5.91 Å². The van der Waals surface area contributed by atoms with Crippen LogP contribution in [0.25, 0.3) is 6.08 Å². The second-order valence-corrected chi connectivity index (χ2v) is 6.97. The lowest BCUT2D eigenvalue weighted by molar-refractivity contribution is -0.127. The lowest BCUT2D eigenvalue weighted by Gasteiger charge is -2.12. The van der Waals surface area contributed by atoms with E-state index in [1.54, 1.807) is 24.3 Å². The number of nitrogens with zero attached hydrogens (tertiary/aromatic N) is 1. The average molecular weight is 378 g/mol. The number of allylic oxidation sites excluding steroid dienone is 2. The fraction of sp³-hybridized carbons (Fsp3) is 0.0952. The van der Waals surface area contributed by atoms with Crippen molar-refractivity contribution in [3.05, 3.63) is 82.8 Å². The fourth-order valence-corrected chi connectivity index (χ4v) is 3.23. The summed E-state index contributed by atoms with van der Waals surface area (Å²) in [5.41, 5.74) is 2.69. The molecule has 1 N–H and O–H groups in total. The van der Waals surface area contributed by atoms with Crippen molar-refractivity contribution in [1.29, 1.82) is 0 Å². The predicted molar refractivity (Wildman–Crippen MR) is 108 cm³/mol. The molecule has 0 radical (unpaired) electrons. The van der Waals surface area contributed by atoms with Gasteiger partial charge in [-0.25, -0.2) is 0 Å². The molecule has 1 fully saturated rings. The molecule has 2 aromatic rings. The quantitative estimate of drug-likeness (QED) is 0.791. The Morgan fingerprint density at radius 1 is 1.07 bits per heavy atom. The van der Waals surface area contributed by atoms with Crippen molar-refractivity contribution in [2.75, 3.05) is 11.9 Å². The Kier molecular flexibility index (Phi) is 5.88. The molecule has 1 heterocycles. The Bertz CT molecular complexity index is 918. The van der Waals surface area contributed by atoms with Gasteiger partial charge < -0.3 is 5.32 Å². The van der Waals surface area contributed by atoms with Crippen LogP contribution in [0.5, 0.6) is 0 Å². The Balaban J connectivity index is 1.61. The number of amides is 3. The third-order valence-electron chi connectivity index (χ3n) is 3.85. The van der Waals surface area contributed by atoms with Gasteiger partial charge in [0.15, 0.2) is 0 Å². The molecular weight excluding hydrogens is 360 g/mol. The first-order valence-corrected chi connectivity index (χ1v) is 9.18. The van der Waals surface area contributed by atoms with Crippen LogP contribution in [-0.2, 0) is 9.59 Å². The number of rotatable bonds is 5. The molecule has 1 saturated heterocycles. The Morgan fingerprint density at radius 3 is 2.48 bits per heavy atom. The molecule has 6 heteroatoms. The van der Waals surface area contributed by atoms with E-state index >= 15 is 0 Å². The zero-order valence-corrected chi connectivity index (χ0v) is 15.5. The fourth-order valence-electron chi connectivity index (χ4n) is 2.44. The number of hydrogen-bond acceptors (Lipinski definition) is 4. The molecule has 0 spiro atoms. The number of imide groups is 1. The minimum Gasteiger partial charge on any atom is -0.325 e. The van der Waals surface area contributed by atoms with Gasteiger partial charge in [0, 0.05) is 5.69 Å². The molecule has 0 saturated carbocycles. The molecule has 3 rings (SSSR count). The minimum atomic E-state index is -0.457. The van der Waals surface area contributed by atoms with Crippen LogP contribution >= 0.6 is 11.8 Å². The van der Waals surface area contributed by atoms with Crippen molar-refractivity contribution in [3.63, 3.8) is 0 Å². The third kappa shape index (κ3) is 4.95. The summed E-state index contributed by atoms with van der Waals surface area (Å²) < 4.78 is 0. The number of benzene rings is 2. The zero-order chi connectivity index (χ0) is 19.2. The van der Waals surface area contributed by atoms with Crippen LogP contribution in [0.1, 0.15) is 11.1 Å². The summed E-state index contributed by atoms with van der Waals surface area (Å²) in [6, 6.07) is 16.9. The van der Waals surface area contributed by atoms with Crippen LogP contribution in [0, 0.1) is 6.92 Å². The van der Waals surface area contributed by atoms with Crippen molar-refractivity contribution in [2.45, 2.75) is 6.92 Å². The molecule has 3 amide bonds. The molecule has 0 bridgehead atoms. The van der Waals surface area contributed by atoms with Crippen molar-refractivity contribution in [3.8, 4) is 0 Å². The van der Waals surface area contributed by atoms with Gasteiger partial charge in [0.25, 0.3) is 11.1 Å². The predicted octanol–water partition coefficient (Wildman–Crippen LogP) is 4.23. The maximum atomic E-state index is 12.4. The minimum absolute atomic E-state index is 0.301. The van der Waals surface area contributed by atoms with Crippen molar-refractivity contribution in [1.82, 2.24) is 4.90 Å². The first kappa shape index (κ1) is 18.7. The lowest BCUT2D eigenvalue weighted by Crippen LogP contribution is -2.36. The highest BCUT2D eigenvalue weighted by Gasteiger charge is 2.35. The Hall–Kier alpha value is -3.12. The Labute approximate surface area is 161 Å². The molecule has 0 aromatic heterocycles. The number of carbonyl (C=O) groups excluding carboxylic acids is 3. The standard InChI is InChI=1S/C21H18N2O3S/c1-15-10-12-17(13-11-15)22-19(24)14-23-20(25)18(27-21(23)26)9-5-8-16-6-3-2-4-7-16/h2-13H,14H2,1H3,(H,22,24)/b8-5-,18-9+. The lowest BCUT2D eigenvalue weighted by atomic mass is 10.2. The Morgan fingerprint density at radius 2 is 1.78 bits per heavy atom. The maximum Gasteiger partial charge on any atom is 0.294 e. The van der Waals surface area contributed by atoms with E-state index in [1.165, 1.54) is 0 Å². The summed E-state index contributed by atoms with van der Waals surface area (Å²) in [5.74, 6) is -0.871. The van der Waals surface area contributed by atoms with Crippen LogP contribution in [0.2, 0.25) is 0 Å². The number of hydrogen-bond donors (Lipinski definition) is 1.